The Labute approximate surface area is 129 Å². The van der Waals surface area contributed by atoms with Gasteiger partial charge in [-0.05, 0) is 45.4 Å². The highest BCUT2D eigenvalue weighted by Crippen LogP contribution is 2.33. The number of hydrogen-bond acceptors (Lipinski definition) is 2. The van der Waals surface area contributed by atoms with Gasteiger partial charge in [-0.1, -0.05) is 43.6 Å². The van der Waals surface area contributed by atoms with E-state index < -0.39 is 13.9 Å². The molecule has 0 heterocycles. The predicted octanol–water partition coefficient (Wildman–Crippen LogP) is 4.64. The van der Waals surface area contributed by atoms with E-state index in [0.29, 0.717) is 0 Å². The lowest BCUT2D eigenvalue weighted by Crippen LogP contribution is -1.95. The molecule has 0 unspecified atom stereocenters. The first-order chi connectivity index (χ1) is 9.70. The molecule has 0 fully saturated rings. The maximum absolute atomic E-state index is 10.6. The van der Waals surface area contributed by atoms with Crippen LogP contribution < -0.4 is 0 Å². The van der Waals surface area contributed by atoms with Crippen molar-refractivity contribution in [3.05, 3.63) is 23.3 Å². The van der Waals surface area contributed by atoms with Crippen molar-refractivity contribution < 1.29 is 19.1 Å². The van der Waals surface area contributed by atoms with Crippen molar-refractivity contribution in [3.63, 3.8) is 0 Å². The van der Waals surface area contributed by atoms with Crippen LogP contribution in [-0.4, -0.2) is 22.7 Å². The Balaban J connectivity index is 3.80. The predicted molar refractivity (Wildman–Crippen MR) is 88.3 cm³/mol. The van der Waals surface area contributed by atoms with Gasteiger partial charge in [-0.15, -0.1) is 0 Å². The van der Waals surface area contributed by atoms with Crippen LogP contribution >= 0.6 is 7.60 Å². The first kappa shape index (κ1) is 20.6. The summed E-state index contributed by atoms with van der Waals surface area (Å²) in [6.07, 6.45) is 9.34. The summed E-state index contributed by atoms with van der Waals surface area (Å²) in [7, 11) is -4.04. The van der Waals surface area contributed by atoms with E-state index in [1.165, 1.54) is 30.4 Å². The van der Waals surface area contributed by atoms with Crippen LogP contribution in [-0.2, 0) is 9.30 Å². The zero-order valence-corrected chi connectivity index (χ0v) is 14.7. The van der Waals surface area contributed by atoms with Crippen LogP contribution in [0.15, 0.2) is 23.3 Å². The number of hydrogen-bond donors (Lipinski definition) is 2. The largest absolute Gasteiger partial charge is 0.365 e. The molecule has 0 amide bonds. The van der Waals surface area contributed by atoms with Crippen LogP contribution in [0.5, 0.6) is 0 Å². The van der Waals surface area contributed by atoms with Crippen molar-refractivity contribution in [3.8, 4) is 0 Å². The topological polar surface area (TPSA) is 66.8 Å². The average Bonchev–Trinajstić information content (AvgIpc) is 2.33. The molecular formula is C16H31O4P. The quantitative estimate of drug-likeness (QED) is 0.331. The second-order valence-corrected chi connectivity index (χ2v) is 7.68. The van der Waals surface area contributed by atoms with Gasteiger partial charge in [0.05, 0.1) is 6.61 Å². The van der Waals surface area contributed by atoms with Gasteiger partial charge in [0.1, 0.15) is 6.35 Å². The summed E-state index contributed by atoms with van der Waals surface area (Å²) in [6, 6.07) is 0. The summed E-state index contributed by atoms with van der Waals surface area (Å²) in [5.74, 6) is 0.774. The van der Waals surface area contributed by atoms with Crippen molar-refractivity contribution in [1.82, 2.24) is 0 Å². The van der Waals surface area contributed by atoms with Crippen LogP contribution in [0.4, 0.5) is 0 Å². The molecule has 21 heavy (non-hydrogen) atoms. The van der Waals surface area contributed by atoms with Gasteiger partial charge in [0.2, 0.25) is 0 Å². The third-order valence-electron chi connectivity index (χ3n) is 3.19. The Hall–Kier alpha value is -0.410. The molecule has 5 heteroatoms. The van der Waals surface area contributed by atoms with Gasteiger partial charge in [-0.2, -0.15) is 0 Å². The Morgan fingerprint density at radius 2 is 1.76 bits per heavy atom. The minimum absolute atomic E-state index is 0.258. The lowest BCUT2D eigenvalue weighted by Gasteiger charge is -2.05. The molecule has 0 bridgehead atoms. The molecule has 2 N–H and O–H groups in total. The van der Waals surface area contributed by atoms with E-state index in [4.69, 9.17) is 14.5 Å². The molecule has 0 rings (SSSR count). The van der Waals surface area contributed by atoms with E-state index in [2.05, 4.69) is 26.8 Å². The molecule has 0 saturated heterocycles. The lowest BCUT2D eigenvalue weighted by molar-refractivity contribution is 0.184. The van der Waals surface area contributed by atoms with Gasteiger partial charge in [-0.3, -0.25) is 4.57 Å². The molecule has 0 radical (unpaired) electrons. The maximum atomic E-state index is 10.6. The second kappa shape index (κ2) is 11.2. The van der Waals surface area contributed by atoms with Crippen LogP contribution in [0.3, 0.4) is 0 Å². The van der Waals surface area contributed by atoms with E-state index in [1.807, 2.05) is 13.0 Å². The SMILES string of the molecule is C/C(=C\COCP(=O)(O)O)CC/C=C(\C)CCCC(C)C. The van der Waals surface area contributed by atoms with E-state index in [0.717, 1.165) is 18.8 Å². The highest BCUT2D eigenvalue weighted by atomic mass is 31.2. The smallest absolute Gasteiger partial charge is 0.350 e. The van der Waals surface area contributed by atoms with Gasteiger partial charge in [0.25, 0.3) is 0 Å². The summed E-state index contributed by atoms with van der Waals surface area (Å²) < 4.78 is 15.5. The average molecular weight is 318 g/mol. The molecule has 0 spiro atoms. The fourth-order valence-corrected chi connectivity index (χ4v) is 2.26. The Morgan fingerprint density at radius 1 is 1.14 bits per heavy atom. The van der Waals surface area contributed by atoms with Crippen LogP contribution in [0.25, 0.3) is 0 Å². The first-order valence-electron chi connectivity index (χ1n) is 7.64. The van der Waals surface area contributed by atoms with Crippen molar-refractivity contribution in [2.45, 2.75) is 59.8 Å². The highest BCUT2D eigenvalue weighted by molar-refractivity contribution is 7.51. The van der Waals surface area contributed by atoms with Crippen molar-refractivity contribution in [2.24, 2.45) is 5.92 Å². The number of allylic oxidation sites excluding steroid dienone is 3. The Bertz CT molecular complexity index is 380. The molecular weight excluding hydrogens is 287 g/mol. The minimum Gasteiger partial charge on any atom is -0.365 e. The standard InChI is InChI=1S/C16H31O4P/c1-14(2)7-5-8-15(3)9-6-10-16(4)11-12-20-13-21(17,18)19/h9,11,14H,5-8,10,12-13H2,1-4H3,(H2,17,18,19)/b15-9+,16-11+. The van der Waals surface area contributed by atoms with Gasteiger partial charge in [0.15, 0.2) is 0 Å². The van der Waals surface area contributed by atoms with E-state index >= 15 is 0 Å². The number of ether oxygens (including phenoxy) is 1. The van der Waals surface area contributed by atoms with Gasteiger partial charge in [-0.25, -0.2) is 0 Å². The molecule has 4 nitrogen and oxygen atoms in total. The van der Waals surface area contributed by atoms with Crippen LogP contribution in [0, 0.1) is 5.92 Å². The molecule has 0 aromatic rings. The Morgan fingerprint density at radius 3 is 2.33 bits per heavy atom. The zero-order valence-electron chi connectivity index (χ0n) is 13.8. The summed E-state index contributed by atoms with van der Waals surface area (Å²) >= 11 is 0. The van der Waals surface area contributed by atoms with E-state index in [9.17, 15) is 4.57 Å². The maximum Gasteiger partial charge on any atom is 0.350 e. The monoisotopic (exact) mass is 318 g/mol. The van der Waals surface area contributed by atoms with Crippen molar-refractivity contribution in [1.29, 1.82) is 0 Å². The first-order valence-corrected chi connectivity index (χ1v) is 9.44. The highest BCUT2D eigenvalue weighted by Gasteiger charge is 2.11. The molecule has 0 saturated carbocycles. The van der Waals surface area contributed by atoms with Crippen molar-refractivity contribution in [2.75, 3.05) is 13.0 Å². The van der Waals surface area contributed by atoms with Crippen LogP contribution in [0.2, 0.25) is 0 Å². The molecule has 0 aromatic carbocycles. The molecule has 0 aliphatic rings. The van der Waals surface area contributed by atoms with E-state index in [1.54, 1.807) is 0 Å². The molecule has 0 atom stereocenters. The lowest BCUT2D eigenvalue weighted by atomic mass is 10.0. The van der Waals surface area contributed by atoms with Gasteiger partial charge < -0.3 is 14.5 Å². The molecule has 0 aromatic heterocycles. The number of rotatable bonds is 11. The molecule has 124 valence electrons. The third-order valence-corrected chi connectivity index (χ3v) is 3.71. The summed E-state index contributed by atoms with van der Waals surface area (Å²) in [5, 5.41) is 0. The summed E-state index contributed by atoms with van der Waals surface area (Å²) in [4.78, 5) is 17.3. The zero-order chi connectivity index (χ0) is 16.3. The second-order valence-electron chi connectivity index (χ2n) is 6.09. The van der Waals surface area contributed by atoms with Crippen LogP contribution in [0.1, 0.15) is 59.8 Å². The normalized spacial score (nSPS) is 14.0. The fourth-order valence-electron chi connectivity index (χ4n) is 1.91. The third kappa shape index (κ3) is 15.8. The van der Waals surface area contributed by atoms with E-state index in [-0.39, 0.29) is 6.61 Å². The van der Waals surface area contributed by atoms with Crippen molar-refractivity contribution >= 4 is 7.60 Å². The van der Waals surface area contributed by atoms with Gasteiger partial charge in [0, 0.05) is 0 Å². The van der Waals surface area contributed by atoms with Gasteiger partial charge >= 0.3 is 7.60 Å². The minimum atomic E-state index is -4.04. The molecule has 0 aliphatic heterocycles. The molecule has 0 aliphatic carbocycles. The summed E-state index contributed by atoms with van der Waals surface area (Å²) in [5.41, 5.74) is 2.63. The Kier molecular flexibility index (Phi) is 11.0. The summed E-state index contributed by atoms with van der Waals surface area (Å²) in [6.45, 7) is 8.96. The fraction of sp³-hybridized carbons (Fsp3) is 0.750.